The van der Waals surface area contributed by atoms with Crippen molar-refractivity contribution in [3.05, 3.63) is 83.6 Å². The predicted molar refractivity (Wildman–Crippen MR) is 124 cm³/mol. The van der Waals surface area contributed by atoms with E-state index in [-0.39, 0.29) is 35.5 Å². The second-order valence-electron chi connectivity index (χ2n) is 9.07. The van der Waals surface area contributed by atoms with Crippen LogP contribution in [0, 0.1) is 35.0 Å². The molecule has 1 saturated heterocycles. The molecule has 2 heterocycles. The Morgan fingerprint density at radius 2 is 1.64 bits per heavy atom. The van der Waals surface area contributed by atoms with Crippen LogP contribution >= 0.6 is 0 Å². The van der Waals surface area contributed by atoms with Gasteiger partial charge in [-0.05, 0) is 42.4 Å². The summed E-state index contributed by atoms with van der Waals surface area (Å²) in [6.45, 7) is 0.541. The summed E-state index contributed by atoms with van der Waals surface area (Å²) in [5, 5.41) is 15.9. The Kier molecular flexibility index (Phi) is 4.51. The highest BCUT2D eigenvalue weighted by Gasteiger charge is 2.56. The summed E-state index contributed by atoms with van der Waals surface area (Å²) in [6.07, 6.45) is 9.75. The Labute approximate surface area is 191 Å². The average molecular weight is 434 g/mol. The molecular formula is C27H22N4O2. The van der Waals surface area contributed by atoms with Crippen LogP contribution in [-0.2, 0) is 16.1 Å². The van der Waals surface area contributed by atoms with Gasteiger partial charge in [0, 0.05) is 29.2 Å². The molecule has 1 saturated carbocycles. The average Bonchev–Trinajstić information content (AvgIpc) is 3.34. The second kappa shape index (κ2) is 7.56. The van der Waals surface area contributed by atoms with Gasteiger partial charge in [-0.25, -0.2) is 0 Å². The first-order valence-electron chi connectivity index (χ1n) is 11.3. The molecule has 2 fully saturated rings. The maximum Gasteiger partial charge on any atom is 0.254 e. The molecule has 2 amide bonds. The summed E-state index contributed by atoms with van der Waals surface area (Å²) in [4.78, 5) is 26.1. The molecule has 0 N–H and O–H groups in total. The lowest BCUT2D eigenvalue weighted by molar-refractivity contribution is -0.140. The van der Waals surface area contributed by atoms with Crippen molar-refractivity contribution in [1.82, 2.24) is 9.58 Å². The Balaban J connectivity index is 1.33. The van der Waals surface area contributed by atoms with Gasteiger partial charge in [0.05, 0.1) is 29.7 Å². The molecule has 7 rings (SSSR count). The molecule has 1 aliphatic heterocycles. The zero-order valence-electron chi connectivity index (χ0n) is 18.0. The molecule has 162 valence electrons. The van der Waals surface area contributed by atoms with Crippen LogP contribution in [0.15, 0.2) is 72.0 Å². The van der Waals surface area contributed by atoms with Gasteiger partial charge < -0.3 is 4.57 Å². The van der Waals surface area contributed by atoms with Gasteiger partial charge >= 0.3 is 0 Å². The van der Waals surface area contributed by atoms with Gasteiger partial charge in [0.15, 0.2) is 0 Å². The SMILES string of the molecule is N#Cc1ccccc1Cn1cc(/C=N\N2C(=O)[C@H]3[C@H](C2=O)[C@H]2C=C[C@H]3CC2)c2ccccc21. The van der Waals surface area contributed by atoms with Crippen molar-refractivity contribution >= 4 is 28.9 Å². The van der Waals surface area contributed by atoms with Gasteiger partial charge in [-0.2, -0.15) is 15.4 Å². The highest BCUT2D eigenvalue weighted by Crippen LogP contribution is 2.49. The molecule has 0 spiro atoms. The minimum Gasteiger partial charge on any atom is -0.342 e. The van der Waals surface area contributed by atoms with Gasteiger partial charge in [0.1, 0.15) is 0 Å². The second-order valence-corrected chi connectivity index (χ2v) is 9.07. The molecule has 2 bridgehead atoms. The number of hydrogen-bond donors (Lipinski definition) is 0. The van der Waals surface area contributed by atoms with Crippen molar-refractivity contribution in [2.75, 3.05) is 0 Å². The number of para-hydroxylation sites is 1. The molecule has 4 atom stereocenters. The van der Waals surface area contributed by atoms with Crippen LogP contribution in [0.1, 0.15) is 29.5 Å². The van der Waals surface area contributed by atoms with Crippen molar-refractivity contribution in [3.63, 3.8) is 0 Å². The molecule has 0 radical (unpaired) electrons. The van der Waals surface area contributed by atoms with E-state index < -0.39 is 0 Å². The third-order valence-electron chi connectivity index (χ3n) is 7.35. The van der Waals surface area contributed by atoms with Crippen molar-refractivity contribution in [2.24, 2.45) is 28.8 Å². The Hall–Kier alpha value is -3.98. The maximum atomic E-state index is 13.1. The number of allylic oxidation sites excluding steroid dienone is 2. The summed E-state index contributed by atoms with van der Waals surface area (Å²) in [5.41, 5.74) is 3.41. The van der Waals surface area contributed by atoms with Crippen molar-refractivity contribution in [3.8, 4) is 6.07 Å². The van der Waals surface area contributed by atoms with Crippen molar-refractivity contribution < 1.29 is 9.59 Å². The lowest BCUT2D eigenvalue weighted by Gasteiger charge is -2.37. The van der Waals surface area contributed by atoms with E-state index in [1.165, 1.54) is 0 Å². The fourth-order valence-electron chi connectivity index (χ4n) is 5.75. The fraction of sp³-hybridized carbons (Fsp3) is 0.259. The summed E-state index contributed by atoms with van der Waals surface area (Å²) in [6, 6.07) is 17.7. The lowest BCUT2D eigenvalue weighted by Crippen LogP contribution is -2.38. The van der Waals surface area contributed by atoms with E-state index in [0.717, 1.165) is 39.9 Å². The number of hydrogen-bond acceptors (Lipinski definition) is 4. The van der Waals surface area contributed by atoms with E-state index in [2.05, 4.69) is 27.9 Å². The van der Waals surface area contributed by atoms with Crippen LogP contribution in [0.3, 0.4) is 0 Å². The smallest absolute Gasteiger partial charge is 0.254 e. The molecule has 3 aliphatic carbocycles. The number of fused-ring (bicyclic) bond motifs is 2. The number of carbonyl (C=O) groups excluding carboxylic acids is 2. The normalized spacial score (nSPS) is 25.8. The van der Waals surface area contributed by atoms with E-state index in [0.29, 0.717) is 12.1 Å². The number of carbonyl (C=O) groups is 2. The Bertz CT molecular complexity index is 1360. The molecule has 2 aromatic carbocycles. The molecule has 4 aliphatic rings. The van der Waals surface area contributed by atoms with Crippen LogP contribution in [0.4, 0.5) is 0 Å². The molecule has 6 heteroatoms. The van der Waals surface area contributed by atoms with Gasteiger partial charge in [-0.3, -0.25) is 9.59 Å². The molecule has 6 nitrogen and oxygen atoms in total. The zero-order chi connectivity index (χ0) is 22.5. The molecule has 1 aromatic heterocycles. The van der Waals surface area contributed by atoms with Gasteiger partial charge in [-0.1, -0.05) is 48.6 Å². The van der Waals surface area contributed by atoms with E-state index in [4.69, 9.17) is 0 Å². The highest BCUT2D eigenvalue weighted by molar-refractivity contribution is 6.07. The summed E-state index contributed by atoms with van der Waals surface area (Å²) in [7, 11) is 0. The van der Waals surface area contributed by atoms with Crippen LogP contribution in [-0.4, -0.2) is 27.6 Å². The standard InChI is InChI=1S/C27H22N4O2/c28-13-19-5-1-2-6-20(19)15-30-16-21(22-7-3-4-8-23(22)30)14-29-31-26(32)24-17-9-10-18(12-11-17)25(24)27(31)33/h1-10,14,16-18,24-25H,11-12,15H2/b29-14-/t17-,18-,24+,25+/m0/s1. The van der Waals surface area contributed by atoms with Crippen LogP contribution in [0.2, 0.25) is 0 Å². The van der Waals surface area contributed by atoms with Crippen molar-refractivity contribution in [2.45, 2.75) is 19.4 Å². The van der Waals surface area contributed by atoms with Gasteiger partial charge in [0.2, 0.25) is 0 Å². The van der Waals surface area contributed by atoms with E-state index in [1.54, 1.807) is 6.21 Å². The maximum absolute atomic E-state index is 13.1. The first kappa shape index (κ1) is 19.7. The molecule has 3 aromatic rings. The van der Waals surface area contributed by atoms with Crippen LogP contribution < -0.4 is 0 Å². The summed E-state index contributed by atoms with van der Waals surface area (Å²) >= 11 is 0. The minimum absolute atomic E-state index is 0.152. The Morgan fingerprint density at radius 1 is 0.970 bits per heavy atom. The Morgan fingerprint density at radius 3 is 2.33 bits per heavy atom. The topological polar surface area (TPSA) is 78.5 Å². The third kappa shape index (κ3) is 3.04. The number of nitriles is 1. The first-order valence-corrected chi connectivity index (χ1v) is 11.3. The van der Waals surface area contributed by atoms with E-state index >= 15 is 0 Å². The zero-order valence-corrected chi connectivity index (χ0v) is 18.0. The minimum atomic E-state index is -0.262. The predicted octanol–water partition coefficient (Wildman–Crippen LogP) is 4.09. The number of benzene rings is 2. The van der Waals surface area contributed by atoms with Gasteiger partial charge in [0.25, 0.3) is 11.8 Å². The van der Waals surface area contributed by atoms with Crippen LogP contribution in [0.25, 0.3) is 10.9 Å². The quantitative estimate of drug-likeness (QED) is 0.352. The molecule has 0 unspecified atom stereocenters. The number of imide groups is 1. The fourth-order valence-corrected chi connectivity index (χ4v) is 5.75. The number of nitrogens with zero attached hydrogens (tertiary/aromatic N) is 4. The number of aromatic nitrogens is 1. The van der Waals surface area contributed by atoms with E-state index in [1.807, 2.05) is 54.7 Å². The van der Waals surface area contributed by atoms with Gasteiger partial charge in [-0.15, -0.1) is 0 Å². The summed E-state index contributed by atoms with van der Waals surface area (Å²) in [5.74, 6) is -0.569. The van der Waals surface area contributed by atoms with E-state index in [9.17, 15) is 14.9 Å². The largest absolute Gasteiger partial charge is 0.342 e. The highest BCUT2D eigenvalue weighted by atomic mass is 16.2. The van der Waals surface area contributed by atoms with Crippen LogP contribution in [0.5, 0.6) is 0 Å². The number of amides is 2. The number of rotatable bonds is 4. The third-order valence-corrected chi connectivity index (χ3v) is 7.35. The van der Waals surface area contributed by atoms with Crippen molar-refractivity contribution in [1.29, 1.82) is 5.26 Å². The first-order chi connectivity index (χ1) is 16.2. The number of hydrazone groups is 1. The molecule has 33 heavy (non-hydrogen) atoms. The summed E-state index contributed by atoms with van der Waals surface area (Å²) < 4.78 is 2.07. The molecular weight excluding hydrogens is 412 g/mol. The lowest BCUT2D eigenvalue weighted by atomic mass is 9.63. The monoisotopic (exact) mass is 434 g/mol.